The third-order valence-electron chi connectivity index (χ3n) is 6.33. The molecule has 19 nitrogen and oxygen atoms in total. The molecule has 3 aliphatic rings. The molecule has 20 heteroatoms. The van der Waals surface area contributed by atoms with Gasteiger partial charge in [-0.1, -0.05) is 0 Å². The van der Waals surface area contributed by atoms with Crippen molar-refractivity contribution in [1.82, 2.24) is 0 Å². The van der Waals surface area contributed by atoms with Gasteiger partial charge in [0.15, 0.2) is 18.9 Å². The summed E-state index contributed by atoms with van der Waals surface area (Å²) in [6.07, 6.45) is -27.6. The van der Waals surface area contributed by atoms with Crippen LogP contribution in [-0.2, 0) is 32.8 Å². The van der Waals surface area contributed by atoms with E-state index in [1.807, 2.05) is 0 Å². The first kappa shape index (κ1) is 32.0. The van der Waals surface area contributed by atoms with Crippen molar-refractivity contribution in [1.29, 1.82) is 0 Å². The quantitative estimate of drug-likeness (QED) is 0.112. The van der Waals surface area contributed by atoms with E-state index in [2.05, 4.69) is 4.52 Å². The van der Waals surface area contributed by atoms with Crippen LogP contribution in [0.2, 0.25) is 0 Å². The van der Waals surface area contributed by atoms with Crippen molar-refractivity contribution in [3.63, 3.8) is 0 Å². The molecule has 224 valence electrons. The number of hydrogen-bond acceptors (Lipinski definition) is 17. The predicted octanol–water partition coefficient (Wildman–Crippen LogP) is -7.46. The lowest BCUT2D eigenvalue weighted by Crippen LogP contribution is -2.66. The molecule has 3 rings (SSSR count). The molecular formula is C18H33O19P. The van der Waals surface area contributed by atoms with E-state index in [0.717, 1.165) is 0 Å². The Kier molecular flexibility index (Phi) is 11.0. The lowest BCUT2D eigenvalue weighted by atomic mass is 9.96. The molecule has 0 radical (unpaired) electrons. The zero-order valence-corrected chi connectivity index (χ0v) is 20.3. The van der Waals surface area contributed by atoms with Crippen molar-refractivity contribution in [2.75, 3.05) is 19.8 Å². The molecule has 3 fully saturated rings. The van der Waals surface area contributed by atoms with Crippen molar-refractivity contribution >= 4 is 7.82 Å². The second-order valence-corrected chi connectivity index (χ2v) is 10.2. The summed E-state index contributed by atoms with van der Waals surface area (Å²) in [7, 11) is -5.08. The molecule has 0 spiro atoms. The van der Waals surface area contributed by atoms with Crippen LogP contribution in [0.3, 0.4) is 0 Å². The van der Waals surface area contributed by atoms with Crippen molar-refractivity contribution in [3.05, 3.63) is 0 Å². The van der Waals surface area contributed by atoms with Gasteiger partial charge < -0.3 is 84.5 Å². The number of aliphatic hydroxyl groups is 10. The van der Waals surface area contributed by atoms with Gasteiger partial charge in [-0.25, -0.2) is 4.57 Å². The Hall–Kier alpha value is -0.490. The second-order valence-electron chi connectivity index (χ2n) is 8.94. The predicted molar refractivity (Wildman–Crippen MR) is 112 cm³/mol. The molecule has 0 bridgehead atoms. The molecule has 3 aliphatic heterocycles. The highest BCUT2D eigenvalue weighted by Crippen LogP contribution is 2.38. The van der Waals surface area contributed by atoms with E-state index < -0.39 is 120 Å². The summed E-state index contributed by atoms with van der Waals surface area (Å²) in [5.74, 6) is 0. The maximum Gasteiger partial charge on any atom is 0.469 e. The molecule has 3 saturated heterocycles. The largest absolute Gasteiger partial charge is 0.469 e. The van der Waals surface area contributed by atoms with E-state index in [0.29, 0.717) is 0 Å². The molecule has 0 aromatic carbocycles. The first-order valence-corrected chi connectivity index (χ1v) is 12.9. The molecule has 12 N–H and O–H groups in total. The fourth-order valence-electron chi connectivity index (χ4n) is 4.18. The standard InChI is InChI=1S/C18H33O19P/c19-1-4-8(22)11(25)14(16(28)33-4)36-18-15(12(26)9(23)6(35-18)3-32-38(29,30)31)37-17-13(27)10(24)7(21)5(2-20)34-17/h4-28H,1-3H2,(H2,29,30,31)/t4-,5-,6-,7-,8-,9-,10+,11+,12+,13+,14+,15+,16+,17-,18-/m1/s1. The smallest absolute Gasteiger partial charge is 0.394 e. The fraction of sp³-hybridized carbons (Fsp3) is 1.00. The number of hydrogen-bond donors (Lipinski definition) is 12. The van der Waals surface area contributed by atoms with Crippen molar-refractivity contribution in [2.45, 2.75) is 92.1 Å². The van der Waals surface area contributed by atoms with E-state index in [1.54, 1.807) is 0 Å². The van der Waals surface area contributed by atoms with Crippen molar-refractivity contribution < 1.29 is 93.6 Å². The van der Waals surface area contributed by atoms with E-state index in [-0.39, 0.29) is 0 Å². The Bertz CT molecular complexity index is 798. The van der Waals surface area contributed by atoms with Crippen LogP contribution >= 0.6 is 7.82 Å². The summed E-state index contributed by atoms with van der Waals surface area (Å²) < 4.78 is 41.9. The average molecular weight is 584 g/mol. The molecule has 38 heavy (non-hydrogen) atoms. The fourth-order valence-corrected chi connectivity index (χ4v) is 4.52. The van der Waals surface area contributed by atoms with Crippen LogP contribution in [0.4, 0.5) is 0 Å². The Labute approximate surface area is 214 Å². The van der Waals surface area contributed by atoms with Gasteiger partial charge in [-0.2, -0.15) is 0 Å². The van der Waals surface area contributed by atoms with Crippen LogP contribution in [0.5, 0.6) is 0 Å². The van der Waals surface area contributed by atoms with Gasteiger partial charge in [0, 0.05) is 0 Å². The van der Waals surface area contributed by atoms with E-state index in [9.17, 15) is 55.6 Å². The number of aliphatic hydroxyl groups excluding tert-OH is 10. The summed E-state index contributed by atoms with van der Waals surface area (Å²) in [6, 6.07) is 0. The van der Waals surface area contributed by atoms with Crippen LogP contribution in [0.25, 0.3) is 0 Å². The molecule has 0 aliphatic carbocycles. The average Bonchev–Trinajstić information content (AvgIpc) is 2.86. The summed E-state index contributed by atoms with van der Waals surface area (Å²) >= 11 is 0. The molecule has 3 heterocycles. The first-order chi connectivity index (χ1) is 17.7. The van der Waals surface area contributed by atoms with Crippen LogP contribution < -0.4 is 0 Å². The minimum absolute atomic E-state index is 0.794. The van der Waals surface area contributed by atoms with Gasteiger partial charge in [-0.15, -0.1) is 0 Å². The van der Waals surface area contributed by atoms with E-state index in [4.69, 9.17) is 33.5 Å². The molecule has 0 aromatic rings. The van der Waals surface area contributed by atoms with Crippen molar-refractivity contribution in [3.8, 4) is 0 Å². The molecule has 0 amide bonds. The zero-order chi connectivity index (χ0) is 28.5. The van der Waals surface area contributed by atoms with Gasteiger partial charge in [-0.3, -0.25) is 4.52 Å². The van der Waals surface area contributed by atoms with Gasteiger partial charge in [-0.05, 0) is 0 Å². The van der Waals surface area contributed by atoms with Gasteiger partial charge in [0.25, 0.3) is 0 Å². The molecule has 0 saturated carbocycles. The SMILES string of the molecule is O=P(O)(O)OC[C@H]1O[C@H](O[C@H]2[C@@H](O)[C@H](O)[C@@H](CO)O[C@@H]2O)[C@@H](O[C@H]2O[C@H](CO)[C@@H](O)[C@H](O)[C@@H]2O)[C@@H](O)[C@@H]1O. The van der Waals surface area contributed by atoms with Crippen molar-refractivity contribution in [2.24, 2.45) is 0 Å². The summed E-state index contributed by atoms with van der Waals surface area (Å²) in [4.78, 5) is 17.9. The number of rotatable bonds is 9. The summed E-state index contributed by atoms with van der Waals surface area (Å²) in [6.45, 7) is -2.63. The number of phosphoric acid groups is 1. The number of phosphoric ester groups is 1. The maximum absolute atomic E-state index is 11.1. The summed E-state index contributed by atoms with van der Waals surface area (Å²) in [5, 5.41) is 101. The van der Waals surface area contributed by atoms with Crippen LogP contribution in [0, 0.1) is 0 Å². The summed E-state index contributed by atoms with van der Waals surface area (Å²) in [5.41, 5.74) is 0. The molecular weight excluding hydrogens is 551 g/mol. The maximum atomic E-state index is 11.1. The van der Waals surface area contributed by atoms with Gasteiger partial charge >= 0.3 is 7.82 Å². The zero-order valence-electron chi connectivity index (χ0n) is 19.5. The van der Waals surface area contributed by atoms with Gasteiger partial charge in [0.1, 0.15) is 73.2 Å². The highest BCUT2D eigenvalue weighted by atomic mass is 31.2. The minimum Gasteiger partial charge on any atom is -0.394 e. The lowest BCUT2D eigenvalue weighted by molar-refractivity contribution is -0.390. The number of ether oxygens (including phenoxy) is 5. The third-order valence-corrected chi connectivity index (χ3v) is 6.81. The van der Waals surface area contributed by atoms with Crippen LogP contribution in [0.1, 0.15) is 0 Å². The lowest BCUT2D eigenvalue weighted by Gasteiger charge is -2.48. The Morgan fingerprint density at radius 1 is 0.579 bits per heavy atom. The Morgan fingerprint density at radius 3 is 1.63 bits per heavy atom. The van der Waals surface area contributed by atoms with Crippen LogP contribution in [-0.4, -0.2) is 173 Å². The molecule has 0 unspecified atom stereocenters. The second kappa shape index (κ2) is 13.0. The van der Waals surface area contributed by atoms with E-state index in [1.165, 1.54) is 0 Å². The van der Waals surface area contributed by atoms with E-state index >= 15 is 0 Å². The molecule has 15 atom stereocenters. The Balaban J connectivity index is 1.86. The van der Waals surface area contributed by atoms with Gasteiger partial charge in [0.2, 0.25) is 0 Å². The normalized spacial score (nSPS) is 48.7. The first-order valence-electron chi connectivity index (χ1n) is 11.3. The van der Waals surface area contributed by atoms with Gasteiger partial charge in [0.05, 0.1) is 19.8 Å². The minimum atomic E-state index is -5.08. The monoisotopic (exact) mass is 584 g/mol. The highest BCUT2D eigenvalue weighted by molar-refractivity contribution is 7.46. The highest BCUT2D eigenvalue weighted by Gasteiger charge is 2.54. The van der Waals surface area contributed by atoms with Crippen LogP contribution in [0.15, 0.2) is 0 Å². The Morgan fingerprint density at radius 2 is 1.05 bits per heavy atom. The molecule has 0 aromatic heterocycles. The third kappa shape index (κ3) is 7.04. The topological polar surface area (TPSA) is 315 Å².